The van der Waals surface area contributed by atoms with E-state index in [0.29, 0.717) is 25.3 Å². The van der Waals surface area contributed by atoms with Crippen LogP contribution >= 0.6 is 0 Å². The molecule has 1 aliphatic rings. The third-order valence-electron chi connectivity index (χ3n) is 3.93. The van der Waals surface area contributed by atoms with Crippen molar-refractivity contribution >= 4 is 5.91 Å². The Morgan fingerprint density at radius 1 is 1.32 bits per heavy atom. The molecule has 2 atom stereocenters. The van der Waals surface area contributed by atoms with Crippen LogP contribution in [-0.2, 0) is 16.1 Å². The van der Waals surface area contributed by atoms with E-state index >= 15 is 0 Å². The third kappa shape index (κ3) is 3.59. The van der Waals surface area contributed by atoms with Gasteiger partial charge in [0.05, 0.1) is 12.5 Å². The van der Waals surface area contributed by atoms with Crippen molar-refractivity contribution in [1.82, 2.24) is 10.2 Å². The van der Waals surface area contributed by atoms with Crippen molar-refractivity contribution < 1.29 is 22.7 Å². The van der Waals surface area contributed by atoms with Gasteiger partial charge in [0.25, 0.3) is 0 Å². The third-order valence-corrected chi connectivity index (χ3v) is 3.93. The van der Waals surface area contributed by atoms with Gasteiger partial charge in [-0.05, 0) is 17.7 Å². The maximum Gasteiger partial charge on any atom is 0.224 e. The number of halogens is 3. The Morgan fingerprint density at radius 3 is 2.50 bits per heavy atom. The Balaban J connectivity index is 2.09. The average molecular weight is 316 g/mol. The second kappa shape index (κ2) is 7.11. The molecule has 1 aromatic carbocycles. The van der Waals surface area contributed by atoms with E-state index in [1.807, 2.05) is 4.90 Å². The standard InChI is InChI=1S/C15H19F3N2O2/c1-19-15(21)11-7-20(6-10(11)8-22-2)5-9-3-12(16)14(18)13(17)4-9/h3-4,10-11H,5-8H2,1-2H3,(H,19,21)/t10-,11+/m0/s1. The number of carbonyl (C=O) groups is 1. The smallest absolute Gasteiger partial charge is 0.224 e. The summed E-state index contributed by atoms with van der Waals surface area (Å²) in [4.78, 5) is 13.8. The highest BCUT2D eigenvalue weighted by Crippen LogP contribution is 2.26. The first-order valence-corrected chi connectivity index (χ1v) is 7.02. The molecule has 1 heterocycles. The fourth-order valence-electron chi connectivity index (χ4n) is 2.91. The number of likely N-dealkylation sites (tertiary alicyclic amines) is 1. The molecule has 1 N–H and O–H groups in total. The number of hydrogen-bond donors (Lipinski definition) is 1. The highest BCUT2D eigenvalue weighted by Gasteiger charge is 2.37. The number of hydrogen-bond acceptors (Lipinski definition) is 3. The van der Waals surface area contributed by atoms with Crippen molar-refractivity contribution in [3.8, 4) is 0 Å². The van der Waals surface area contributed by atoms with Gasteiger partial charge >= 0.3 is 0 Å². The molecule has 0 aliphatic carbocycles. The first kappa shape index (κ1) is 16.8. The topological polar surface area (TPSA) is 41.6 Å². The van der Waals surface area contributed by atoms with Crippen molar-refractivity contribution in [2.24, 2.45) is 11.8 Å². The van der Waals surface area contributed by atoms with Gasteiger partial charge in [-0.3, -0.25) is 9.69 Å². The van der Waals surface area contributed by atoms with Gasteiger partial charge in [0, 0.05) is 39.7 Å². The van der Waals surface area contributed by atoms with Crippen molar-refractivity contribution in [2.45, 2.75) is 6.54 Å². The van der Waals surface area contributed by atoms with E-state index in [4.69, 9.17) is 4.74 Å². The van der Waals surface area contributed by atoms with Gasteiger partial charge in [-0.15, -0.1) is 0 Å². The largest absolute Gasteiger partial charge is 0.384 e. The summed E-state index contributed by atoms with van der Waals surface area (Å²) in [5.74, 6) is -4.18. The first-order valence-electron chi connectivity index (χ1n) is 7.02. The second-order valence-corrected chi connectivity index (χ2v) is 5.50. The normalized spacial score (nSPS) is 22.0. The lowest BCUT2D eigenvalue weighted by molar-refractivity contribution is -0.125. The van der Waals surface area contributed by atoms with Gasteiger partial charge in [0.2, 0.25) is 5.91 Å². The van der Waals surface area contributed by atoms with Crippen molar-refractivity contribution in [1.29, 1.82) is 0 Å². The van der Waals surface area contributed by atoms with Gasteiger partial charge in [-0.2, -0.15) is 0 Å². The van der Waals surface area contributed by atoms with E-state index in [-0.39, 0.29) is 24.3 Å². The predicted octanol–water partition coefficient (Wildman–Crippen LogP) is 1.54. The fraction of sp³-hybridized carbons (Fsp3) is 0.533. The zero-order valence-electron chi connectivity index (χ0n) is 12.5. The maximum atomic E-state index is 13.3. The van der Waals surface area contributed by atoms with Crippen LogP contribution in [0.5, 0.6) is 0 Å². The first-order chi connectivity index (χ1) is 10.5. The highest BCUT2D eigenvalue weighted by molar-refractivity contribution is 5.79. The summed E-state index contributed by atoms with van der Waals surface area (Å²) in [6, 6.07) is 1.97. The van der Waals surface area contributed by atoms with E-state index in [1.165, 1.54) is 0 Å². The predicted molar refractivity (Wildman–Crippen MR) is 74.5 cm³/mol. The Labute approximate surface area is 127 Å². The van der Waals surface area contributed by atoms with Crippen LogP contribution in [0.4, 0.5) is 13.2 Å². The average Bonchev–Trinajstić information content (AvgIpc) is 2.87. The Kier molecular flexibility index (Phi) is 5.42. The monoisotopic (exact) mass is 316 g/mol. The van der Waals surface area contributed by atoms with E-state index in [1.54, 1.807) is 14.2 Å². The van der Waals surface area contributed by atoms with Crippen molar-refractivity contribution in [3.05, 3.63) is 35.1 Å². The molecule has 2 rings (SSSR count). The van der Waals surface area contributed by atoms with Gasteiger partial charge in [-0.1, -0.05) is 0 Å². The maximum absolute atomic E-state index is 13.3. The Bertz CT molecular complexity index is 531. The van der Waals surface area contributed by atoms with Crippen LogP contribution in [0.15, 0.2) is 12.1 Å². The zero-order chi connectivity index (χ0) is 16.3. The zero-order valence-corrected chi connectivity index (χ0v) is 12.5. The SMILES string of the molecule is CNC(=O)[C@@H]1CN(Cc2cc(F)c(F)c(F)c2)C[C@H]1COC. The van der Waals surface area contributed by atoms with E-state index in [9.17, 15) is 18.0 Å². The molecule has 0 aromatic heterocycles. The molecule has 1 aliphatic heterocycles. The van der Waals surface area contributed by atoms with Crippen molar-refractivity contribution in [2.75, 3.05) is 33.9 Å². The summed E-state index contributed by atoms with van der Waals surface area (Å²) in [5.41, 5.74) is 0.338. The number of rotatable bonds is 5. The van der Waals surface area contributed by atoms with E-state index in [0.717, 1.165) is 12.1 Å². The van der Waals surface area contributed by atoms with Crippen LogP contribution in [-0.4, -0.2) is 44.7 Å². The molecule has 0 spiro atoms. The summed E-state index contributed by atoms with van der Waals surface area (Å²) >= 11 is 0. The molecule has 7 heteroatoms. The summed E-state index contributed by atoms with van der Waals surface area (Å²) in [6.07, 6.45) is 0. The number of methoxy groups -OCH3 is 1. The minimum absolute atomic E-state index is 0.0140. The van der Waals surface area contributed by atoms with Crippen molar-refractivity contribution in [3.63, 3.8) is 0 Å². The number of amides is 1. The molecular weight excluding hydrogens is 297 g/mol. The Morgan fingerprint density at radius 2 is 1.95 bits per heavy atom. The molecule has 1 saturated heterocycles. The molecule has 4 nitrogen and oxygen atoms in total. The quantitative estimate of drug-likeness (QED) is 0.838. The van der Waals surface area contributed by atoms with Crippen LogP contribution in [0.3, 0.4) is 0 Å². The van der Waals surface area contributed by atoms with Crippen LogP contribution in [0.2, 0.25) is 0 Å². The number of nitrogens with zero attached hydrogens (tertiary/aromatic N) is 1. The van der Waals surface area contributed by atoms with Gasteiger partial charge in [0.15, 0.2) is 17.5 Å². The number of benzene rings is 1. The van der Waals surface area contributed by atoms with Crippen LogP contribution < -0.4 is 5.32 Å². The molecule has 0 unspecified atom stereocenters. The van der Waals surface area contributed by atoms with Gasteiger partial charge < -0.3 is 10.1 Å². The lowest BCUT2D eigenvalue weighted by atomic mass is 9.96. The number of carbonyl (C=O) groups excluding carboxylic acids is 1. The minimum atomic E-state index is -1.47. The molecule has 122 valence electrons. The summed E-state index contributed by atoms with van der Waals surface area (Å²) in [7, 11) is 3.13. The molecular formula is C15H19F3N2O2. The van der Waals surface area contributed by atoms with Gasteiger partial charge in [0.1, 0.15) is 0 Å². The molecule has 1 aromatic rings. The fourth-order valence-corrected chi connectivity index (χ4v) is 2.91. The highest BCUT2D eigenvalue weighted by atomic mass is 19.2. The van der Waals surface area contributed by atoms with Crippen LogP contribution in [0.1, 0.15) is 5.56 Å². The lowest BCUT2D eigenvalue weighted by Gasteiger charge is -2.16. The van der Waals surface area contributed by atoms with E-state index in [2.05, 4.69) is 5.32 Å². The molecule has 1 amide bonds. The van der Waals surface area contributed by atoms with Crippen LogP contribution in [0, 0.1) is 29.3 Å². The van der Waals surface area contributed by atoms with E-state index < -0.39 is 17.5 Å². The summed E-state index contributed by atoms with van der Waals surface area (Å²) < 4.78 is 44.6. The molecule has 0 bridgehead atoms. The lowest BCUT2D eigenvalue weighted by Crippen LogP contribution is -2.34. The molecule has 22 heavy (non-hydrogen) atoms. The minimum Gasteiger partial charge on any atom is -0.384 e. The summed E-state index contributed by atoms with van der Waals surface area (Å²) in [5, 5.41) is 2.61. The van der Waals surface area contributed by atoms with Gasteiger partial charge in [-0.25, -0.2) is 13.2 Å². The molecule has 1 fully saturated rings. The molecule has 0 radical (unpaired) electrons. The molecule has 0 saturated carbocycles. The number of ether oxygens (including phenoxy) is 1. The number of nitrogens with one attached hydrogen (secondary N) is 1. The second-order valence-electron chi connectivity index (χ2n) is 5.50. The summed E-state index contributed by atoms with van der Waals surface area (Å²) in [6.45, 7) is 1.73. The van der Waals surface area contributed by atoms with Crippen LogP contribution in [0.25, 0.3) is 0 Å². The Hall–Kier alpha value is -1.60.